The summed E-state index contributed by atoms with van der Waals surface area (Å²) in [6.45, 7) is 1.62. The minimum absolute atomic E-state index is 0.264. The number of nitrogens with zero attached hydrogens (tertiary/aromatic N) is 2. The Hall–Kier alpha value is -0.900. The zero-order valence-corrected chi connectivity index (χ0v) is 6.15. The molecule has 0 aliphatic rings. The molecule has 0 fully saturated rings. The van der Waals surface area contributed by atoms with Crippen LogP contribution in [0.1, 0.15) is 11.4 Å². The van der Waals surface area contributed by atoms with Crippen LogP contribution in [-0.4, -0.2) is 15.3 Å². The Labute approximate surface area is 63.1 Å². The van der Waals surface area contributed by atoms with E-state index in [1.165, 1.54) is 11.6 Å². The fourth-order valence-electron chi connectivity index (χ4n) is 0.531. The van der Waals surface area contributed by atoms with Gasteiger partial charge in [-0.05, 0) is 6.92 Å². The molecule has 0 unspecified atom stereocenters. The average molecular weight is 156 g/mol. The molecule has 0 amide bonds. The van der Waals surface area contributed by atoms with E-state index in [2.05, 4.69) is 22.2 Å². The molecular weight excluding hydrogens is 151 g/mol. The second kappa shape index (κ2) is 2.79. The van der Waals surface area contributed by atoms with E-state index in [1.807, 2.05) is 0 Å². The monoisotopic (exact) mass is 156 g/mol. The van der Waals surface area contributed by atoms with Crippen molar-refractivity contribution in [2.45, 2.75) is 6.92 Å². The van der Waals surface area contributed by atoms with Crippen LogP contribution in [0.15, 0.2) is 6.20 Å². The van der Waals surface area contributed by atoms with E-state index < -0.39 is 5.95 Å². The van der Waals surface area contributed by atoms with Crippen LogP contribution < -0.4 is 0 Å². The number of halogens is 1. The number of aryl methyl sites for hydroxylation is 1. The van der Waals surface area contributed by atoms with Crippen LogP contribution in [0.2, 0.25) is 0 Å². The first-order chi connectivity index (χ1) is 4.74. The summed E-state index contributed by atoms with van der Waals surface area (Å²) in [5.41, 5.74) is 0.264. The molecule has 1 heterocycles. The van der Waals surface area contributed by atoms with Crippen LogP contribution in [0, 0.1) is 12.9 Å². The van der Waals surface area contributed by atoms with Gasteiger partial charge in [0, 0.05) is 11.6 Å². The van der Waals surface area contributed by atoms with Crippen molar-refractivity contribution in [2.24, 2.45) is 0 Å². The van der Waals surface area contributed by atoms with Crippen molar-refractivity contribution in [1.29, 1.82) is 0 Å². The van der Waals surface area contributed by atoms with Crippen molar-refractivity contribution >= 4 is 17.6 Å². The molecule has 2 nitrogen and oxygen atoms in total. The summed E-state index contributed by atoms with van der Waals surface area (Å²) in [6, 6.07) is 0. The highest BCUT2D eigenvalue weighted by molar-refractivity contribution is 7.79. The molecule has 0 aliphatic heterocycles. The van der Waals surface area contributed by atoms with Crippen molar-refractivity contribution in [3.05, 3.63) is 23.5 Å². The Morgan fingerprint density at radius 2 is 2.40 bits per heavy atom. The quantitative estimate of drug-likeness (QED) is 0.452. The summed E-state index contributed by atoms with van der Waals surface area (Å²) >= 11 is 4.50. The highest BCUT2D eigenvalue weighted by Gasteiger charge is 1.99. The van der Waals surface area contributed by atoms with Gasteiger partial charge in [-0.25, -0.2) is 9.97 Å². The van der Waals surface area contributed by atoms with Crippen LogP contribution in [0.5, 0.6) is 0 Å². The largest absolute Gasteiger partial charge is 0.241 e. The lowest BCUT2D eigenvalue weighted by atomic mass is 10.4. The zero-order valence-electron chi connectivity index (χ0n) is 5.34. The van der Waals surface area contributed by atoms with Gasteiger partial charge in [0.2, 0.25) is 5.95 Å². The molecule has 0 N–H and O–H groups in total. The number of thiocarbonyl (C=S) groups is 1. The molecule has 1 aromatic heterocycles. The first kappa shape index (κ1) is 7.21. The third kappa shape index (κ3) is 1.33. The van der Waals surface area contributed by atoms with Gasteiger partial charge in [0.15, 0.2) is 0 Å². The minimum atomic E-state index is -0.553. The summed E-state index contributed by atoms with van der Waals surface area (Å²) in [6.07, 6.45) is 1.37. The molecule has 4 heteroatoms. The van der Waals surface area contributed by atoms with E-state index in [0.717, 1.165) is 0 Å². The maximum atomic E-state index is 12.6. The fraction of sp³-hybridized carbons (Fsp3) is 0.167. The summed E-state index contributed by atoms with van der Waals surface area (Å²) in [5, 5.41) is 1.22. The molecule has 0 atom stereocenters. The zero-order chi connectivity index (χ0) is 7.56. The molecule has 0 saturated carbocycles. The molecule has 0 aliphatic carbocycles. The molecule has 0 aromatic carbocycles. The maximum absolute atomic E-state index is 12.6. The smallest absolute Gasteiger partial charge is 0.224 e. The van der Waals surface area contributed by atoms with Gasteiger partial charge in [-0.1, -0.05) is 12.2 Å². The lowest BCUT2D eigenvalue weighted by molar-refractivity contribution is 0.572. The molecule has 1 rings (SSSR count). The standard InChI is InChI=1S/C6H5FN2S/c1-4-8-2-5(3-10)6(7)9-4/h2-3H,1H3. The third-order valence-electron chi connectivity index (χ3n) is 1.02. The SMILES string of the molecule is Cc1ncc(C=S)c(F)n1. The van der Waals surface area contributed by atoms with Crippen LogP contribution in [0.3, 0.4) is 0 Å². The lowest BCUT2D eigenvalue weighted by Crippen LogP contribution is -1.96. The maximum Gasteiger partial charge on any atom is 0.224 e. The van der Waals surface area contributed by atoms with E-state index in [-0.39, 0.29) is 5.56 Å². The Kier molecular flexibility index (Phi) is 2.01. The number of hydrogen-bond acceptors (Lipinski definition) is 3. The van der Waals surface area contributed by atoms with Gasteiger partial charge in [0.05, 0.1) is 5.56 Å². The van der Waals surface area contributed by atoms with Gasteiger partial charge in [0.1, 0.15) is 5.82 Å². The fourth-order valence-corrected chi connectivity index (χ4v) is 0.689. The van der Waals surface area contributed by atoms with E-state index in [1.54, 1.807) is 6.92 Å². The Morgan fingerprint density at radius 3 is 2.90 bits per heavy atom. The molecule has 0 bridgehead atoms. The van der Waals surface area contributed by atoms with Crippen LogP contribution in [-0.2, 0) is 0 Å². The van der Waals surface area contributed by atoms with Gasteiger partial charge in [-0.3, -0.25) is 0 Å². The molecule has 0 radical (unpaired) electrons. The Balaban J connectivity index is 3.19. The van der Waals surface area contributed by atoms with E-state index in [4.69, 9.17) is 0 Å². The summed E-state index contributed by atoms with van der Waals surface area (Å²) in [7, 11) is 0. The molecular formula is C6H5FN2S. The molecule has 0 saturated heterocycles. The van der Waals surface area contributed by atoms with Gasteiger partial charge in [0.25, 0.3) is 0 Å². The normalized spacial score (nSPS) is 9.40. The number of rotatable bonds is 1. The van der Waals surface area contributed by atoms with Gasteiger partial charge >= 0.3 is 0 Å². The van der Waals surface area contributed by atoms with Crippen molar-refractivity contribution in [2.75, 3.05) is 0 Å². The Morgan fingerprint density at radius 1 is 1.70 bits per heavy atom. The van der Waals surface area contributed by atoms with Crippen molar-refractivity contribution < 1.29 is 4.39 Å². The first-order valence-corrected chi connectivity index (χ1v) is 3.15. The number of hydrogen-bond donors (Lipinski definition) is 0. The van der Waals surface area contributed by atoms with E-state index in [0.29, 0.717) is 5.82 Å². The summed E-state index contributed by atoms with van der Waals surface area (Å²) in [4.78, 5) is 7.23. The second-order valence-electron chi connectivity index (χ2n) is 1.78. The molecule has 10 heavy (non-hydrogen) atoms. The second-order valence-corrected chi connectivity index (χ2v) is 2.02. The topological polar surface area (TPSA) is 25.8 Å². The summed E-state index contributed by atoms with van der Waals surface area (Å²) < 4.78 is 12.6. The Bertz CT molecular complexity index is 262. The van der Waals surface area contributed by atoms with Gasteiger partial charge in [-0.2, -0.15) is 4.39 Å². The van der Waals surface area contributed by atoms with E-state index in [9.17, 15) is 4.39 Å². The number of aromatic nitrogens is 2. The van der Waals surface area contributed by atoms with Gasteiger partial charge < -0.3 is 0 Å². The van der Waals surface area contributed by atoms with Crippen LogP contribution in [0.4, 0.5) is 4.39 Å². The summed E-state index contributed by atoms with van der Waals surface area (Å²) in [5.74, 6) is -0.138. The highest BCUT2D eigenvalue weighted by atomic mass is 32.1. The average Bonchev–Trinajstić information content (AvgIpc) is 1.88. The van der Waals surface area contributed by atoms with E-state index >= 15 is 0 Å². The predicted octanol–water partition coefficient (Wildman–Crippen LogP) is 1.27. The predicted molar refractivity (Wildman–Crippen MR) is 39.5 cm³/mol. The van der Waals surface area contributed by atoms with Crippen LogP contribution in [0.25, 0.3) is 0 Å². The molecule has 0 spiro atoms. The molecule has 52 valence electrons. The minimum Gasteiger partial charge on any atom is -0.241 e. The first-order valence-electron chi connectivity index (χ1n) is 2.68. The van der Waals surface area contributed by atoms with Crippen molar-refractivity contribution in [1.82, 2.24) is 9.97 Å². The van der Waals surface area contributed by atoms with Gasteiger partial charge in [-0.15, -0.1) is 0 Å². The highest BCUT2D eigenvalue weighted by Crippen LogP contribution is 1.98. The molecule has 1 aromatic rings. The van der Waals surface area contributed by atoms with Crippen molar-refractivity contribution in [3.63, 3.8) is 0 Å². The van der Waals surface area contributed by atoms with Crippen LogP contribution >= 0.6 is 12.2 Å². The van der Waals surface area contributed by atoms with Crippen molar-refractivity contribution in [3.8, 4) is 0 Å². The third-order valence-corrected chi connectivity index (χ3v) is 1.27. The lowest BCUT2D eigenvalue weighted by Gasteiger charge is -1.93.